The Labute approximate surface area is 184 Å². The smallest absolute Gasteiger partial charge is 0.280 e. The molecule has 2 amide bonds. The molecule has 160 valence electrons. The fourth-order valence-corrected chi connectivity index (χ4v) is 4.39. The van der Waals surface area contributed by atoms with Crippen molar-refractivity contribution in [2.24, 2.45) is 0 Å². The van der Waals surface area contributed by atoms with E-state index in [9.17, 15) is 14.0 Å². The maximum atomic E-state index is 13.6. The Bertz CT molecular complexity index is 1050. The van der Waals surface area contributed by atoms with Crippen LogP contribution in [0.2, 0.25) is 0 Å². The summed E-state index contributed by atoms with van der Waals surface area (Å²) in [6, 6.07) is 12.2. The molecule has 0 spiro atoms. The van der Waals surface area contributed by atoms with Crippen molar-refractivity contribution in [2.75, 3.05) is 4.90 Å². The standard InChI is InChI=1S/C23H23FN4O2S/c1-15-5-4-8-19(13-15)28(23(30)20-14-31-27-26-20)21(16-9-11-17(24)12-10-16)22(29)25-18-6-2-3-7-18/h4-5,8-14,18,21H,2-3,6-7H2,1H3,(H,25,29)/t21-/m1/s1. The molecule has 2 aromatic carbocycles. The van der Waals surface area contributed by atoms with E-state index < -0.39 is 17.8 Å². The molecule has 1 saturated carbocycles. The van der Waals surface area contributed by atoms with Gasteiger partial charge in [0.2, 0.25) is 5.91 Å². The van der Waals surface area contributed by atoms with Crippen molar-refractivity contribution < 1.29 is 14.0 Å². The van der Waals surface area contributed by atoms with Crippen molar-refractivity contribution in [3.05, 3.63) is 76.5 Å². The number of anilines is 1. The molecule has 0 radical (unpaired) electrons. The lowest BCUT2D eigenvalue weighted by molar-refractivity contribution is -0.123. The van der Waals surface area contributed by atoms with Crippen LogP contribution >= 0.6 is 11.5 Å². The van der Waals surface area contributed by atoms with Crippen LogP contribution in [0.15, 0.2) is 53.9 Å². The predicted molar refractivity (Wildman–Crippen MR) is 117 cm³/mol. The van der Waals surface area contributed by atoms with Gasteiger partial charge >= 0.3 is 0 Å². The maximum Gasteiger partial charge on any atom is 0.280 e. The van der Waals surface area contributed by atoms with Crippen LogP contribution in [0.1, 0.15) is 53.3 Å². The fraction of sp³-hybridized carbons (Fsp3) is 0.304. The molecule has 8 heteroatoms. The number of nitrogens with one attached hydrogen (secondary N) is 1. The topological polar surface area (TPSA) is 75.2 Å². The molecule has 1 atom stereocenters. The fourth-order valence-electron chi connectivity index (χ4n) is 3.96. The Hall–Kier alpha value is -3.13. The summed E-state index contributed by atoms with van der Waals surface area (Å²) in [4.78, 5) is 28.5. The number of aryl methyl sites for hydroxylation is 1. The summed E-state index contributed by atoms with van der Waals surface area (Å²) in [5.74, 6) is -1.14. The third-order valence-corrected chi connectivity index (χ3v) is 5.98. The molecule has 4 rings (SSSR count). The Morgan fingerprint density at radius 1 is 1.16 bits per heavy atom. The van der Waals surface area contributed by atoms with Gasteiger partial charge < -0.3 is 5.32 Å². The van der Waals surface area contributed by atoms with Crippen LogP contribution < -0.4 is 10.2 Å². The van der Waals surface area contributed by atoms with Crippen LogP contribution in [0.3, 0.4) is 0 Å². The van der Waals surface area contributed by atoms with E-state index >= 15 is 0 Å². The zero-order valence-electron chi connectivity index (χ0n) is 17.1. The summed E-state index contributed by atoms with van der Waals surface area (Å²) in [5.41, 5.74) is 2.19. The quantitative estimate of drug-likeness (QED) is 0.618. The molecule has 3 aromatic rings. The monoisotopic (exact) mass is 438 g/mol. The van der Waals surface area contributed by atoms with Crippen molar-refractivity contribution in [3.63, 3.8) is 0 Å². The van der Waals surface area contributed by atoms with Crippen LogP contribution in [0, 0.1) is 12.7 Å². The minimum absolute atomic E-state index is 0.0749. The Morgan fingerprint density at radius 2 is 1.90 bits per heavy atom. The number of amides is 2. The average Bonchev–Trinajstić information content (AvgIpc) is 3.46. The van der Waals surface area contributed by atoms with E-state index in [-0.39, 0.29) is 17.6 Å². The van der Waals surface area contributed by atoms with Gasteiger partial charge in [0, 0.05) is 17.1 Å². The molecule has 0 unspecified atom stereocenters. The van der Waals surface area contributed by atoms with Gasteiger partial charge in [-0.1, -0.05) is 41.6 Å². The van der Waals surface area contributed by atoms with E-state index in [0.29, 0.717) is 11.3 Å². The van der Waals surface area contributed by atoms with Gasteiger partial charge in [-0.05, 0) is 66.7 Å². The number of rotatable bonds is 6. The number of benzene rings is 2. The summed E-state index contributed by atoms with van der Waals surface area (Å²) in [7, 11) is 0. The second kappa shape index (κ2) is 9.34. The van der Waals surface area contributed by atoms with Gasteiger partial charge in [-0.3, -0.25) is 14.5 Å². The van der Waals surface area contributed by atoms with Crippen molar-refractivity contribution in [1.29, 1.82) is 0 Å². The third-order valence-electron chi connectivity index (χ3n) is 5.47. The molecule has 1 aliphatic carbocycles. The first-order chi connectivity index (χ1) is 15.0. The summed E-state index contributed by atoms with van der Waals surface area (Å²) in [6.45, 7) is 1.92. The van der Waals surface area contributed by atoms with Crippen molar-refractivity contribution >= 4 is 29.0 Å². The first-order valence-corrected chi connectivity index (χ1v) is 11.1. The Morgan fingerprint density at radius 3 is 2.55 bits per heavy atom. The molecule has 6 nitrogen and oxygen atoms in total. The molecule has 1 heterocycles. The number of carbonyl (C=O) groups excluding carboxylic acids is 2. The van der Waals surface area contributed by atoms with Gasteiger partial charge in [-0.15, -0.1) is 5.10 Å². The van der Waals surface area contributed by atoms with Crippen LogP contribution in [0.5, 0.6) is 0 Å². The van der Waals surface area contributed by atoms with Gasteiger partial charge in [0.1, 0.15) is 11.9 Å². The lowest BCUT2D eigenvalue weighted by atomic mass is 10.0. The maximum absolute atomic E-state index is 13.6. The van der Waals surface area contributed by atoms with E-state index in [4.69, 9.17) is 0 Å². The van der Waals surface area contributed by atoms with Crippen LogP contribution in [0.25, 0.3) is 0 Å². The number of aromatic nitrogens is 2. The highest BCUT2D eigenvalue weighted by molar-refractivity contribution is 7.03. The Balaban J connectivity index is 1.80. The zero-order chi connectivity index (χ0) is 21.8. The van der Waals surface area contributed by atoms with Gasteiger partial charge in [-0.25, -0.2) is 4.39 Å². The van der Waals surface area contributed by atoms with E-state index in [1.165, 1.54) is 17.0 Å². The molecule has 1 fully saturated rings. The summed E-state index contributed by atoms with van der Waals surface area (Å²) < 4.78 is 17.4. The highest BCUT2D eigenvalue weighted by Gasteiger charge is 2.35. The molecular formula is C23H23FN4O2S. The molecule has 0 saturated heterocycles. The number of nitrogens with zero attached hydrogens (tertiary/aromatic N) is 3. The van der Waals surface area contributed by atoms with Crippen molar-refractivity contribution in [2.45, 2.75) is 44.7 Å². The number of hydrogen-bond donors (Lipinski definition) is 1. The highest BCUT2D eigenvalue weighted by Crippen LogP contribution is 2.31. The SMILES string of the molecule is Cc1cccc(N(C(=O)c2csnn2)[C@@H](C(=O)NC2CCCC2)c2ccc(F)cc2)c1. The first kappa shape index (κ1) is 21.1. The van der Waals surface area contributed by atoms with Crippen molar-refractivity contribution in [3.8, 4) is 0 Å². The van der Waals surface area contributed by atoms with Gasteiger partial charge in [0.15, 0.2) is 5.69 Å². The van der Waals surface area contributed by atoms with Gasteiger partial charge in [0.05, 0.1) is 0 Å². The van der Waals surface area contributed by atoms with Crippen LogP contribution in [-0.4, -0.2) is 27.4 Å². The minimum atomic E-state index is -0.975. The van der Waals surface area contributed by atoms with E-state index in [1.807, 2.05) is 25.1 Å². The molecular weight excluding hydrogens is 415 g/mol. The zero-order valence-corrected chi connectivity index (χ0v) is 17.9. The Kier molecular flexibility index (Phi) is 6.36. The summed E-state index contributed by atoms with van der Waals surface area (Å²) in [6.07, 6.45) is 3.96. The predicted octanol–water partition coefficient (Wildman–Crippen LogP) is 4.43. The van der Waals surface area contributed by atoms with Crippen LogP contribution in [0.4, 0.5) is 10.1 Å². The second-order valence-electron chi connectivity index (χ2n) is 7.75. The number of halogens is 1. The van der Waals surface area contributed by atoms with E-state index in [1.54, 1.807) is 23.6 Å². The molecule has 0 aliphatic heterocycles. The highest BCUT2D eigenvalue weighted by atomic mass is 32.1. The molecule has 1 aliphatic rings. The molecule has 1 aromatic heterocycles. The first-order valence-electron chi connectivity index (χ1n) is 10.3. The number of carbonyl (C=O) groups is 2. The lowest BCUT2D eigenvalue weighted by Gasteiger charge is -2.32. The van der Waals surface area contributed by atoms with E-state index in [0.717, 1.165) is 42.8 Å². The normalized spacial score (nSPS) is 14.9. The van der Waals surface area contributed by atoms with E-state index in [2.05, 4.69) is 14.9 Å². The van der Waals surface area contributed by atoms with Gasteiger partial charge in [0.25, 0.3) is 5.91 Å². The largest absolute Gasteiger partial charge is 0.351 e. The average molecular weight is 439 g/mol. The summed E-state index contributed by atoms with van der Waals surface area (Å²) >= 11 is 1.07. The molecule has 31 heavy (non-hydrogen) atoms. The van der Waals surface area contributed by atoms with Crippen LogP contribution in [-0.2, 0) is 4.79 Å². The minimum Gasteiger partial charge on any atom is -0.351 e. The van der Waals surface area contributed by atoms with Gasteiger partial charge in [-0.2, -0.15) is 0 Å². The molecule has 0 bridgehead atoms. The third kappa shape index (κ3) is 4.80. The summed E-state index contributed by atoms with van der Waals surface area (Å²) in [5, 5.41) is 8.58. The molecule has 1 N–H and O–H groups in total. The number of hydrogen-bond acceptors (Lipinski definition) is 5. The lowest BCUT2D eigenvalue weighted by Crippen LogP contribution is -2.46. The second-order valence-corrected chi connectivity index (χ2v) is 8.36. The van der Waals surface area contributed by atoms with Crippen molar-refractivity contribution in [1.82, 2.24) is 14.9 Å².